The van der Waals surface area contributed by atoms with Gasteiger partial charge in [-0.1, -0.05) is 18.2 Å². The van der Waals surface area contributed by atoms with Crippen molar-refractivity contribution < 1.29 is 22.7 Å². The van der Waals surface area contributed by atoms with Crippen LogP contribution in [0, 0.1) is 6.92 Å². The van der Waals surface area contributed by atoms with Crippen LogP contribution in [-0.4, -0.2) is 50.8 Å². The number of carbonyl (C=O) groups is 2. The summed E-state index contributed by atoms with van der Waals surface area (Å²) in [6.07, 6.45) is 0. The number of rotatable bonds is 5. The van der Waals surface area contributed by atoms with Crippen LogP contribution in [0.25, 0.3) is 0 Å². The zero-order valence-corrected chi connectivity index (χ0v) is 16.2. The number of benzene rings is 2. The SMILES string of the molecule is Cc1ccc(S(=O)(=O)N2CCOCC2)cc1C(=O)Nc1ccccc1C(N)=O. The highest BCUT2D eigenvalue weighted by atomic mass is 32.2. The van der Waals surface area contributed by atoms with E-state index in [1.807, 2.05) is 0 Å². The number of primary amides is 1. The first-order valence-corrected chi connectivity index (χ1v) is 10.1. The van der Waals surface area contributed by atoms with Gasteiger partial charge in [0, 0.05) is 18.7 Å². The van der Waals surface area contributed by atoms with E-state index < -0.39 is 21.8 Å². The van der Waals surface area contributed by atoms with Crippen molar-refractivity contribution >= 4 is 27.5 Å². The van der Waals surface area contributed by atoms with Gasteiger partial charge >= 0.3 is 0 Å². The van der Waals surface area contributed by atoms with Crippen LogP contribution in [-0.2, 0) is 14.8 Å². The van der Waals surface area contributed by atoms with Crippen LogP contribution < -0.4 is 11.1 Å². The maximum absolute atomic E-state index is 12.9. The van der Waals surface area contributed by atoms with Crippen molar-refractivity contribution in [2.75, 3.05) is 31.6 Å². The average molecular weight is 403 g/mol. The molecule has 1 aliphatic heterocycles. The Kier molecular flexibility index (Phi) is 5.78. The molecule has 0 radical (unpaired) electrons. The monoisotopic (exact) mass is 403 g/mol. The number of anilines is 1. The van der Waals surface area contributed by atoms with Crippen LogP contribution in [0.15, 0.2) is 47.4 Å². The van der Waals surface area contributed by atoms with Gasteiger partial charge in [0.1, 0.15) is 0 Å². The number of morpholine rings is 1. The number of hydrogen-bond acceptors (Lipinski definition) is 5. The second-order valence-electron chi connectivity index (χ2n) is 6.36. The number of carbonyl (C=O) groups excluding carboxylic acids is 2. The minimum absolute atomic E-state index is 0.0355. The van der Waals surface area contributed by atoms with Gasteiger partial charge < -0.3 is 15.8 Å². The molecular formula is C19H21N3O5S. The fourth-order valence-electron chi connectivity index (χ4n) is 2.94. The third-order valence-corrected chi connectivity index (χ3v) is 6.40. The van der Waals surface area contributed by atoms with E-state index in [1.54, 1.807) is 31.2 Å². The molecule has 0 unspecified atom stereocenters. The Hall–Kier alpha value is -2.75. The van der Waals surface area contributed by atoms with Gasteiger partial charge in [0.15, 0.2) is 0 Å². The Bertz CT molecular complexity index is 1010. The smallest absolute Gasteiger partial charge is 0.255 e. The maximum atomic E-state index is 12.9. The van der Waals surface area contributed by atoms with Crippen LogP contribution in [0.4, 0.5) is 5.69 Å². The van der Waals surface area contributed by atoms with Gasteiger partial charge in [-0.05, 0) is 36.8 Å². The molecule has 1 aliphatic rings. The normalized spacial score (nSPS) is 15.2. The molecule has 0 spiro atoms. The lowest BCUT2D eigenvalue weighted by Crippen LogP contribution is -2.40. The molecule has 148 valence electrons. The minimum Gasteiger partial charge on any atom is -0.379 e. The van der Waals surface area contributed by atoms with Crippen molar-refractivity contribution in [3.63, 3.8) is 0 Å². The summed E-state index contributed by atoms with van der Waals surface area (Å²) in [5.74, 6) is -1.19. The highest BCUT2D eigenvalue weighted by Gasteiger charge is 2.27. The zero-order chi connectivity index (χ0) is 20.3. The van der Waals surface area contributed by atoms with E-state index in [4.69, 9.17) is 10.5 Å². The molecule has 2 aromatic rings. The van der Waals surface area contributed by atoms with E-state index in [0.717, 1.165) is 0 Å². The first-order chi connectivity index (χ1) is 13.3. The van der Waals surface area contributed by atoms with Gasteiger partial charge in [0.25, 0.3) is 11.8 Å². The number of sulfonamides is 1. The lowest BCUT2D eigenvalue weighted by Gasteiger charge is -2.26. The minimum atomic E-state index is -3.73. The Balaban J connectivity index is 1.91. The molecule has 1 heterocycles. The number of nitrogens with zero attached hydrogens (tertiary/aromatic N) is 1. The number of amides is 2. The van der Waals surface area contributed by atoms with E-state index in [2.05, 4.69) is 5.32 Å². The molecule has 0 aliphatic carbocycles. The lowest BCUT2D eigenvalue weighted by molar-refractivity contribution is 0.0730. The van der Waals surface area contributed by atoms with Crippen molar-refractivity contribution in [2.45, 2.75) is 11.8 Å². The molecule has 8 nitrogen and oxygen atoms in total. The molecule has 3 N–H and O–H groups in total. The number of hydrogen-bond donors (Lipinski definition) is 2. The molecule has 0 bridgehead atoms. The van der Waals surface area contributed by atoms with Gasteiger partial charge in [-0.3, -0.25) is 9.59 Å². The summed E-state index contributed by atoms with van der Waals surface area (Å²) < 4.78 is 32.2. The average Bonchev–Trinajstić information content (AvgIpc) is 2.69. The summed E-state index contributed by atoms with van der Waals surface area (Å²) in [5.41, 5.74) is 6.58. The number of nitrogens with one attached hydrogen (secondary N) is 1. The third kappa shape index (κ3) is 4.06. The summed E-state index contributed by atoms with van der Waals surface area (Å²) in [6, 6.07) is 10.8. The predicted molar refractivity (Wildman–Crippen MR) is 104 cm³/mol. The Labute approximate surface area is 163 Å². The standard InChI is InChI=1S/C19H21N3O5S/c1-13-6-7-14(28(25,26)22-8-10-27-11-9-22)12-16(13)19(24)21-17-5-3-2-4-15(17)18(20)23/h2-7,12H,8-11H2,1H3,(H2,20,23)(H,21,24). The van der Waals surface area contributed by atoms with Gasteiger partial charge in [0.05, 0.1) is 29.4 Å². The van der Waals surface area contributed by atoms with Gasteiger partial charge in [-0.15, -0.1) is 0 Å². The van der Waals surface area contributed by atoms with E-state index in [-0.39, 0.29) is 34.8 Å². The molecule has 3 rings (SSSR count). The fourth-order valence-corrected chi connectivity index (χ4v) is 4.37. The van der Waals surface area contributed by atoms with Crippen LogP contribution in [0.3, 0.4) is 0 Å². The fraction of sp³-hybridized carbons (Fsp3) is 0.263. The van der Waals surface area contributed by atoms with Crippen LogP contribution in [0.2, 0.25) is 0 Å². The molecule has 9 heteroatoms. The first-order valence-electron chi connectivity index (χ1n) is 8.69. The summed E-state index contributed by atoms with van der Waals surface area (Å²) in [4.78, 5) is 24.4. The van der Waals surface area contributed by atoms with Crippen molar-refractivity contribution in [3.8, 4) is 0 Å². The molecule has 28 heavy (non-hydrogen) atoms. The highest BCUT2D eigenvalue weighted by molar-refractivity contribution is 7.89. The zero-order valence-electron chi connectivity index (χ0n) is 15.3. The second-order valence-corrected chi connectivity index (χ2v) is 8.30. The predicted octanol–water partition coefficient (Wildman–Crippen LogP) is 1.37. The second kappa shape index (κ2) is 8.09. The third-order valence-electron chi connectivity index (χ3n) is 4.50. The van der Waals surface area contributed by atoms with E-state index in [1.165, 1.54) is 22.5 Å². The maximum Gasteiger partial charge on any atom is 0.255 e. The van der Waals surface area contributed by atoms with Gasteiger partial charge in [0.2, 0.25) is 10.0 Å². The van der Waals surface area contributed by atoms with Crippen LogP contribution in [0.1, 0.15) is 26.3 Å². The Morgan fingerprint density at radius 1 is 1.07 bits per heavy atom. The molecule has 2 aromatic carbocycles. The molecule has 1 saturated heterocycles. The first kappa shape index (κ1) is 20.0. The summed E-state index contributed by atoms with van der Waals surface area (Å²) >= 11 is 0. The molecule has 1 fully saturated rings. The number of ether oxygens (including phenoxy) is 1. The van der Waals surface area contributed by atoms with Crippen LogP contribution in [0.5, 0.6) is 0 Å². The molecule has 0 aromatic heterocycles. The topological polar surface area (TPSA) is 119 Å². The summed E-state index contributed by atoms with van der Waals surface area (Å²) in [6.45, 7) is 2.91. The Morgan fingerprint density at radius 3 is 2.43 bits per heavy atom. The molecule has 0 saturated carbocycles. The molecule has 0 atom stereocenters. The highest BCUT2D eigenvalue weighted by Crippen LogP contribution is 2.22. The van der Waals surface area contributed by atoms with Crippen molar-refractivity contribution in [2.24, 2.45) is 5.73 Å². The number of nitrogens with two attached hydrogens (primary N) is 1. The van der Waals surface area contributed by atoms with Crippen LogP contribution >= 0.6 is 0 Å². The quantitative estimate of drug-likeness (QED) is 0.781. The van der Waals surface area contributed by atoms with E-state index in [0.29, 0.717) is 18.8 Å². The van der Waals surface area contributed by atoms with Crippen molar-refractivity contribution in [3.05, 3.63) is 59.2 Å². The van der Waals surface area contributed by atoms with Gasteiger partial charge in [-0.2, -0.15) is 4.31 Å². The largest absolute Gasteiger partial charge is 0.379 e. The molecular weight excluding hydrogens is 382 g/mol. The van der Waals surface area contributed by atoms with Gasteiger partial charge in [-0.25, -0.2) is 8.42 Å². The van der Waals surface area contributed by atoms with E-state index in [9.17, 15) is 18.0 Å². The number of aryl methyl sites for hydroxylation is 1. The Morgan fingerprint density at radius 2 is 1.75 bits per heavy atom. The summed E-state index contributed by atoms with van der Waals surface area (Å²) in [5, 5.41) is 2.64. The molecule has 2 amide bonds. The van der Waals surface area contributed by atoms with Crippen molar-refractivity contribution in [1.82, 2.24) is 4.31 Å². The van der Waals surface area contributed by atoms with E-state index >= 15 is 0 Å². The van der Waals surface area contributed by atoms with Crippen molar-refractivity contribution in [1.29, 1.82) is 0 Å². The number of para-hydroxylation sites is 1. The summed E-state index contributed by atoms with van der Waals surface area (Å²) in [7, 11) is -3.73. The lowest BCUT2D eigenvalue weighted by atomic mass is 10.1.